The van der Waals surface area contributed by atoms with E-state index in [-0.39, 0.29) is 12.5 Å². The minimum atomic E-state index is -0.856. The predicted octanol–water partition coefficient (Wildman–Crippen LogP) is 11.3. The van der Waals surface area contributed by atoms with Crippen molar-refractivity contribution in [1.29, 1.82) is 0 Å². The van der Waals surface area contributed by atoms with Gasteiger partial charge >= 0.3 is 0 Å². The van der Waals surface area contributed by atoms with E-state index in [4.69, 9.17) is 0 Å². The number of rotatable bonds is 34. The smallest absolute Gasteiger partial charge is 0.220 e. The van der Waals surface area contributed by atoms with Gasteiger partial charge < -0.3 is 15.5 Å². The predicted molar refractivity (Wildman–Crippen MR) is 189 cm³/mol. The fourth-order valence-electron chi connectivity index (χ4n) is 5.72. The van der Waals surface area contributed by atoms with Crippen LogP contribution in [0, 0.1) is 0 Å². The third kappa shape index (κ3) is 32.1. The van der Waals surface area contributed by atoms with Crippen LogP contribution in [0.25, 0.3) is 0 Å². The molecule has 0 saturated heterocycles. The molecule has 254 valence electrons. The van der Waals surface area contributed by atoms with Crippen LogP contribution in [-0.2, 0) is 4.79 Å². The summed E-state index contributed by atoms with van der Waals surface area (Å²) >= 11 is 0. The Morgan fingerprint density at radius 1 is 0.535 bits per heavy atom. The summed E-state index contributed by atoms with van der Waals surface area (Å²) in [5.41, 5.74) is 0. The van der Waals surface area contributed by atoms with Crippen molar-refractivity contribution in [3.8, 4) is 0 Å². The lowest BCUT2D eigenvalue weighted by Crippen LogP contribution is -2.45. The number of amides is 1. The molecule has 0 saturated carbocycles. The second kappa shape index (κ2) is 35.4. The molecule has 0 aliphatic carbocycles. The van der Waals surface area contributed by atoms with Crippen LogP contribution in [0.1, 0.15) is 200 Å². The van der Waals surface area contributed by atoms with Crippen molar-refractivity contribution < 1.29 is 15.0 Å². The topological polar surface area (TPSA) is 69.6 Å². The average Bonchev–Trinajstić information content (AvgIpc) is 3.01. The van der Waals surface area contributed by atoms with Gasteiger partial charge in [-0.05, 0) is 32.1 Å². The molecule has 0 aliphatic heterocycles. The van der Waals surface area contributed by atoms with Crippen molar-refractivity contribution in [2.75, 3.05) is 6.61 Å². The van der Waals surface area contributed by atoms with Crippen LogP contribution in [0.3, 0.4) is 0 Å². The molecule has 0 aromatic carbocycles. The lowest BCUT2D eigenvalue weighted by molar-refractivity contribution is -0.123. The van der Waals surface area contributed by atoms with Crippen LogP contribution in [0.2, 0.25) is 0 Å². The molecule has 0 aliphatic rings. The molecule has 0 radical (unpaired) electrons. The van der Waals surface area contributed by atoms with E-state index in [0.717, 1.165) is 32.1 Å². The molecule has 2 atom stereocenters. The van der Waals surface area contributed by atoms with Gasteiger partial charge in [0.05, 0.1) is 18.8 Å². The molecule has 1 amide bonds. The number of hydrogen-bond donors (Lipinski definition) is 3. The third-order valence-corrected chi connectivity index (χ3v) is 8.69. The summed E-state index contributed by atoms with van der Waals surface area (Å²) < 4.78 is 0. The van der Waals surface area contributed by atoms with Gasteiger partial charge in [0.15, 0.2) is 0 Å². The lowest BCUT2D eigenvalue weighted by atomic mass is 10.0. The van der Waals surface area contributed by atoms with E-state index in [2.05, 4.69) is 31.3 Å². The second-order valence-corrected chi connectivity index (χ2v) is 13.0. The van der Waals surface area contributed by atoms with Gasteiger partial charge in [0.1, 0.15) is 0 Å². The van der Waals surface area contributed by atoms with Crippen molar-refractivity contribution in [2.24, 2.45) is 0 Å². The molecule has 3 N–H and O–H groups in total. The van der Waals surface area contributed by atoms with E-state index in [1.165, 1.54) is 148 Å². The number of allylic oxidation sites excluding steroid dienone is 3. The number of aliphatic hydroxyl groups excluding tert-OH is 2. The second-order valence-electron chi connectivity index (χ2n) is 13.0. The minimum Gasteiger partial charge on any atom is -0.394 e. The van der Waals surface area contributed by atoms with Gasteiger partial charge in [-0.1, -0.05) is 186 Å². The molecule has 0 heterocycles. The van der Waals surface area contributed by atoms with E-state index in [1.807, 2.05) is 6.08 Å². The van der Waals surface area contributed by atoms with Gasteiger partial charge in [-0.3, -0.25) is 4.79 Å². The SMILES string of the molecule is CCCCCCCCCCCC/C=C/CC/C=C/C(O)C(CO)NC(=O)CCCCCCCCCCCCCCCCC. The van der Waals surface area contributed by atoms with Gasteiger partial charge in [-0.25, -0.2) is 0 Å². The fourth-order valence-corrected chi connectivity index (χ4v) is 5.72. The monoisotopic (exact) mass is 606 g/mol. The first-order valence-electron chi connectivity index (χ1n) is 19.1. The number of unbranched alkanes of at least 4 members (excludes halogenated alkanes) is 25. The van der Waals surface area contributed by atoms with Crippen LogP contribution in [-0.4, -0.2) is 34.9 Å². The maximum atomic E-state index is 12.3. The van der Waals surface area contributed by atoms with E-state index >= 15 is 0 Å². The van der Waals surface area contributed by atoms with Gasteiger partial charge in [-0.15, -0.1) is 0 Å². The molecule has 4 nitrogen and oxygen atoms in total. The largest absolute Gasteiger partial charge is 0.394 e. The van der Waals surface area contributed by atoms with Crippen molar-refractivity contribution in [3.63, 3.8) is 0 Å². The number of carbonyl (C=O) groups is 1. The van der Waals surface area contributed by atoms with Gasteiger partial charge in [0.25, 0.3) is 0 Å². The first-order chi connectivity index (χ1) is 21.2. The first-order valence-corrected chi connectivity index (χ1v) is 19.1. The Bertz CT molecular complexity index is 618. The zero-order valence-corrected chi connectivity index (χ0v) is 29.0. The van der Waals surface area contributed by atoms with E-state index < -0.39 is 12.1 Å². The molecule has 4 heteroatoms. The zero-order chi connectivity index (χ0) is 31.5. The summed E-state index contributed by atoms with van der Waals surface area (Å²) in [4.78, 5) is 12.3. The number of hydrogen-bond acceptors (Lipinski definition) is 3. The highest BCUT2D eigenvalue weighted by atomic mass is 16.3. The number of nitrogens with one attached hydrogen (secondary N) is 1. The highest BCUT2D eigenvalue weighted by Crippen LogP contribution is 2.14. The highest BCUT2D eigenvalue weighted by Gasteiger charge is 2.17. The van der Waals surface area contributed by atoms with Crippen molar-refractivity contribution in [2.45, 2.75) is 212 Å². The Morgan fingerprint density at radius 3 is 1.35 bits per heavy atom. The summed E-state index contributed by atoms with van der Waals surface area (Å²) in [5, 5.41) is 22.9. The molecular formula is C39H75NO3. The molecule has 2 unspecified atom stereocenters. The highest BCUT2D eigenvalue weighted by molar-refractivity contribution is 5.76. The van der Waals surface area contributed by atoms with Crippen LogP contribution in [0.4, 0.5) is 0 Å². The molecule has 0 spiro atoms. The molecule has 43 heavy (non-hydrogen) atoms. The standard InChI is InChI=1S/C39H75NO3/c1-3-5-7-9-11-13-15-17-19-21-22-24-26-28-30-32-34-38(42)37(36-41)40-39(43)35-33-31-29-27-25-23-20-18-16-14-12-10-8-6-4-2/h24,26,32,34,37-38,41-42H,3-23,25,27-31,33,35-36H2,1-2H3,(H,40,43)/b26-24+,34-32+. The van der Waals surface area contributed by atoms with E-state index in [9.17, 15) is 15.0 Å². The summed E-state index contributed by atoms with van der Waals surface area (Å²) in [6.45, 7) is 4.29. The average molecular weight is 606 g/mol. The van der Waals surface area contributed by atoms with Gasteiger partial charge in [0, 0.05) is 6.42 Å². The van der Waals surface area contributed by atoms with Crippen molar-refractivity contribution in [1.82, 2.24) is 5.32 Å². The molecule has 0 aromatic heterocycles. The maximum Gasteiger partial charge on any atom is 0.220 e. The summed E-state index contributed by atoms with van der Waals surface area (Å²) in [6.07, 6.45) is 44.1. The molecule has 0 bridgehead atoms. The minimum absolute atomic E-state index is 0.0731. The normalized spacial score (nSPS) is 13.3. The summed E-state index contributed by atoms with van der Waals surface area (Å²) in [7, 11) is 0. The van der Waals surface area contributed by atoms with Gasteiger partial charge in [0.2, 0.25) is 5.91 Å². The van der Waals surface area contributed by atoms with Crippen LogP contribution in [0.5, 0.6) is 0 Å². The fraction of sp³-hybridized carbons (Fsp3) is 0.872. The van der Waals surface area contributed by atoms with E-state index in [1.54, 1.807) is 6.08 Å². The first kappa shape index (κ1) is 41.9. The summed E-state index contributed by atoms with van der Waals surface area (Å²) in [5.74, 6) is -0.0731. The van der Waals surface area contributed by atoms with Crippen LogP contribution < -0.4 is 5.32 Å². The zero-order valence-electron chi connectivity index (χ0n) is 29.0. The molecule has 0 aromatic rings. The Labute approximate surface area is 269 Å². The summed E-state index contributed by atoms with van der Waals surface area (Å²) in [6, 6.07) is -0.632. The number of aliphatic hydroxyl groups is 2. The number of carbonyl (C=O) groups excluding carboxylic acids is 1. The Hall–Kier alpha value is -1.13. The Balaban J connectivity index is 3.64. The lowest BCUT2D eigenvalue weighted by Gasteiger charge is -2.19. The Kier molecular flexibility index (Phi) is 34.4. The van der Waals surface area contributed by atoms with Crippen molar-refractivity contribution in [3.05, 3.63) is 24.3 Å². The maximum absolute atomic E-state index is 12.3. The Morgan fingerprint density at radius 2 is 0.907 bits per heavy atom. The molecule has 0 fully saturated rings. The quantitative estimate of drug-likeness (QED) is 0.0505. The van der Waals surface area contributed by atoms with Crippen LogP contribution >= 0.6 is 0 Å². The van der Waals surface area contributed by atoms with Crippen LogP contribution in [0.15, 0.2) is 24.3 Å². The van der Waals surface area contributed by atoms with Gasteiger partial charge in [-0.2, -0.15) is 0 Å². The third-order valence-electron chi connectivity index (χ3n) is 8.69. The van der Waals surface area contributed by atoms with Crippen molar-refractivity contribution >= 4 is 5.91 Å². The van der Waals surface area contributed by atoms with E-state index in [0.29, 0.717) is 6.42 Å². The molecule has 0 rings (SSSR count). The molecular weight excluding hydrogens is 530 g/mol.